The highest BCUT2D eigenvalue weighted by Crippen LogP contribution is 2.19. The summed E-state index contributed by atoms with van der Waals surface area (Å²) in [5.74, 6) is 0.950. The summed E-state index contributed by atoms with van der Waals surface area (Å²) in [5, 5.41) is 10.5. The molecule has 2 aromatic rings. The minimum atomic E-state index is -0.529. The van der Waals surface area contributed by atoms with Gasteiger partial charge < -0.3 is 10.0 Å². The molecule has 1 aliphatic rings. The van der Waals surface area contributed by atoms with E-state index in [4.69, 9.17) is 11.6 Å². The number of anilines is 1. The predicted molar refractivity (Wildman–Crippen MR) is 93.8 cm³/mol. The van der Waals surface area contributed by atoms with Crippen LogP contribution in [-0.2, 0) is 6.54 Å². The van der Waals surface area contributed by atoms with E-state index in [2.05, 4.69) is 20.9 Å². The summed E-state index contributed by atoms with van der Waals surface area (Å²) in [4.78, 5) is 9.27. The molecule has 1 aromatic heterocycles. The van der Waals surface area contributed by atoms with Crippen LogP contribution in [0.25, 0.3) is 0 Å². The second kappa shape index (κ2) is 7.30. The summed E-state index contributed by atoms with van der Waals surface area (Å²) in [6, 6.07) is 13.9. The fourth-order valence-corrected chi connectivity index (χ4v) is 3.09. The Labute approximate surface area is 142 Å². The fourth-order valence-electron chi connectivity index (χ4n) is 2.88. The number of aromatic nitrogens is 1. The van der Waals surface area contributed by atoms with E-state index < -0.39 is 6.10 Å². The lowest BCUT2D eigenvalue weighted by Gasteiger charge is -2.35. The van der Waals surface area contributed by atoms with Crippen LogP contribution in [0.4, 0.5) is 5.82 Å². The molecule has 1 fully saturated rings. The highest BCUT2D eigenvalue weighted by Gasteiger charge is 2.18. The van der Waals surface area contributed by atoms with Crippen molar-refractivity contribution in [1.29, 1.82) is 0 Å². The Morgan fingerprint density at radius 2 is 1.87 bits per heavy atom. The zero-order valence-corrected chi connectivity index (χ0v) is 14.1. The zero-order valence-electron chi connectivity index (χ0n) is 13.3. The van der Waals surface area contributed by atoms with Gasteiger partial charge in [-0.05, 0) is 36.8 Å². The van der Waals surface area contributed by atoms with Crippen molar-refractivity contribution in [3.63, 3.8) is 0 Å². The molecule has 1 aliphatic heterocycles. The van der Waals surface area contributed by atoms with Crippen molar-refractivity contribution >= 4 is 17.4 Å². The van der Waals surface area contributed by atoms with E-state index in [9.17, 15) is 5.11 Å². The zero-order chi connectivity index (χ0) is 16.2. The minimum Gasteiger partial charge on any atom is -0.387 e. The van der Waals surface area contributed by atoms with E-state index in [0.29, 0.717) is 0 Å². The highest BCUT2D eigenvalue weighted by atomic mass is 35.5. The molecule has 1 N–H and O–H groups in total. The van der Waals surface area contributed by atoms with Gasteiger partial charge in [0.05, 0.1) is 11.8 Å². The third-order valence-corrected chi connectivity index (χ3v) is 4.41. The Kier molecular flexibility index (Phi) is 5.16. The Balaban J connectivity index is 1.59. The Hall–Kier alpha value is -1.62. The van der Waals surface area contributed by atoms with Crippen LogP contribution in [0.1, 0.15) is 24.3 Å². The third-order valence-electron chi connectivity index (χ3n) is 4.18. The maximum atomic E-state index is 9.68. The van der Waals surface area contributed by atoms with Crippen molar-refractivity contribution < 1.29 is 5.11 Å². The highest BCUT2D eigenvalue weighted by molar-refractivity contribution is 6.30. The van der Waals surface area contributed by atoms with Gasteiger partial charge in [0.2, 0.25) is 0 Å². The Morgan fingerprint density at radius 1 is 1.13 bits per heavy atom. The van der Waals surface area contributed by atoms with Gasteiger partial charge in [-0.3, -0.25) is 4.90 Å². The van der Waals surface area contributed by atoms with Crippen LogP contribution in [0, 0.1) is 0 Å². The first-order chi connectivity index (χ1) is 11.1. The van der Waals surface area contributed by atoms with Crippen molar-refractivity contribution in [2.75, 3.05) is 31.1 Å². The number of rotatable bonds is 4. The van der Waals surface area contributed by atoms with Gasteiger partial charge in [-0.1, -0.05) is 29.8 Å². The Morgan fingerprint density at radius 3 is 2.57 bits per heavy atom. The van der Waals surface area contributed by atoms with Crippen LogP contribution in [0.5, 0.6) is 0 Å². The maximum absolute atomic E-state index is 9.68. The second-order valence-corrected chi connectivity index (χ2v) is 6.43. The summed E-state index contributed by atoms with van der Waals surface area (Å²) >= 11 is 6.05. The molecule has 0 spiro atoms. The Bertz CT molecular complexity index is 654. The molecule has 0 bridgehead atoms. The smallest absolute Gasteiger partial charge is 0.129 e. The number of piperazine rings is 1. The van der Waals surface area contributed by atoms with Crippen molar-refractivity contribution in [1.82, 2.24) is 9.88 Å². The van der Waals surface area contributed by atoms with E-state index in [-0.39, 0.29) is 0 Å². The molecule has 0 aliphatic carbocycles. The molecule has 3 rings (SSSR count). The third kappa shape index (κ3) is 4.22. The molecule has 1 aromatic carbocycles. The average Bonchev–Trinajstić information content (AvgIpc) is 2.56. The molecule has 0 radical (unpaired) electrons. The number of pyridine rings is 1. The molecule has 23 heavy (non-hydrogen) atoms. The van der Waals surface area contributed by atoms with E-state index in [1.165, 1.54) is 5.56 Å². The monoisotopic (exact) mass is 331 g/mol. The van der Waals surface area contributed by atoms with Crippen LogP contribution in [0.3, 0.4) is 0 Å². The van der Waals surface area contributed by atoms with Crippen molar-refractivity contribution in [3.05, 3.63) is 58.7 Å². The lowest BCUT2D eigenvalue weighted by molar-refractivity contribution is 0.194. The number of benzene rings is 1. The SMILES string of the molecule is C[C@H](O)c1cccc(N2CCN(Cc3cccc(Cl)c3)CC2)n1. The van der Waals surface area contributed by atoms with Crippen LogP contribution in [-0.4, -0.2) is 41.2 Å². The number of nitrogens with zero attached hydrogens (tertiary/aromatic N) is 3. The molecule has 122 valence electrons. The summed E-state index contributed by atoms with van der Waals surface area (Å²) in [6.07, 6.45) is -0.529. The van der Waals surface area contributed by atoms with Gasteiger partial charge in [0.15, 0.2) is 0 Å². The van der Waals surface area contributed by atoms with Gasteiger partial charge in [0, 0.05) is 37.7 Å². The number of aliphatic hydroxyl groups excluding tert-OH is 1. The molecule has 1 atom stereocenters. The summed E-state index contributed by atoms with van der Waals surface area (Å²) in [7, 11) is 0. The first-order valence-electron chi connectivity index (χ1n) is 7.98. The van der Waals surface area contributed by atoms with Gasteiger partial charge in [-0.2, -0.15) is 0 Å². The first kappa shape index (κ1) is 16.2. The molecule has 4 nitrogen and oxygen atoms in total. The standard InChI is InChI=1S/C18H22ClN3O/c1-14(23)17-6-3-7-18(20-17)22-10-8-21(9-11-22)13-15-4-2-5-16(19)12-15/h2-7,12,14,23H,8-11,13H2,1H3/t14-/m0/s1. The number of aliphatic hydroxyl groups is 1. The summed E-state index contributed by atoms with van der Waals surface area (Å²) in [5.41, 5.74) is 1.98. The van der Waals surface area contributed by atoms with Crippen molar-refractivity contribution in [2.45, 2.75) is 19.6 Å². The number of hydrogen-bond donors (Lipinski definition) is 1. The molecule has 1 saturated heterocycles. The lowest BCUT2D eigenvalue weighted by atomic mass is 10.2. The summed E-state index contributed by atoms with van der Waals surface area (Å²) < 4.78 is 0. The molecular formula is C18H22ClN3O. The van der Waals surface area contributed by atoms with Gasteiger partial charge in [0.1, 0.15) is 5.82 Å². The number of halogens is 1. The molecule has 0 saturated carbocycles. The average molecular weight is 332 g/mol. The second-order valence-electron chi connectivity index (χ2n) is 5.99. The van der Waals surface area contributed by atoms with E-state index >= 15 is 0 Å². The van der Waals surface area contributed by atoms with Crippen molar-refractivity contribution in [2.24, 2.45) is 0 Å². The normalized spacial score (nSPS) is 17.3. The molecule has 2 heterocycles. The molecular weight excluding hydrogens is 310 g/mol. The topological polar surface area (TPSA) is 39.6 Å². The van der Waals surface area contributed by atoms with Crippen LogP contribution in [0.15, 0.2) is 42.5 Å². The molecule has 5 heteroatoms. The molecule has 0 amide bonds. The lowest BCUT2D eigenvalue weighted by Crippen LogP contribution is -2.46. The van der Waals surface area contributed by atoms with Crippen LogP contribution >= 0.6 is 11.6 Å². The number of hydrogen-bond acceptors (Lipinski definition) is 4. The van der Waals surface area contributed by atoms with Crippen LogP contribution in [0.2, 0.25) is 5.02 Å². The predicted octanol–water partition coefficient (Wildman–Crippen LogP) is 3.11. The largest absolute Gasteiger partial charge is 0.387 e. The van der Waals surface area contributed by atoms with Gasteiger partial charge in [-0.15, -0.1) is 0 Å². The van der Waals surface area contributed by atoms with Crippen LogP contribution < -0.4 is 4.90 Å². The summed E-state index contributed by atoms with van der Waals surface area (Å²) in [6.45, 7) is 6.54. The maximum Gasteiger partial charge on any atom is 0.129 e. The van der Waals surface area contributed by atoms with Gasteiger partial charge >= 0.3 is 0 Å². The van der Waals surface area contributed by atoms with E-state index in [0.717, 1.165) is 49.3 Å². The van der Waals surface area contributed by atoms with E-state index in [1.54, 1.807) is 6.92 Å². The minimum absolute atomic E-state index is 0.529. The van der Waals surface area contributed by atoms with E-state index in [1.807, 2.05) is 36.4 Å². The van der Waals surface area contributed by atoms with Gasteiger partial charge in [-0.25, -0.2) is 4.98 Å². The fraction of sp³-hybridized carbons (Fsp3) is 0.389. The van der Waals surface area contributed by atoms with Gasteiger partial charge in [0.25, 0.3) is 0 Å². The van der Waals surface area contributed by atoms with Crippen molar-refractivity contribution in [3.8, 4) is 0 Å². The first-order valence-corrected chi connectivity index (χ1v) is 8.36. The quantitative estimate of drug-likeness (QED) is 0.934. The molecule has 0 unspecified atom stereocenters.